The van der Waals surface area contributed by atoms with Crippen molar-refractivity contribution < 1.29 is 22.0 Å². The Balaban J connectivity index is 2.04. The van der Waals surface area contributed by atoms with Crippen molar-refractivity contribution in [3.63, 3.8) is 0 Å². The molecule has 0 saturated carbocycles. The fourth-order valence-electron chi connectivity index (χ4n) is 2.29. The monoisotopic (exact) mass is 335 g/mol. The zero-order valence-electron chi connectivity index (χ0n) is 12.4. The number of nitrogens with zero attached hydrogens (tertiary/aromatic N) is 1. The van der Waals surface area contributed by atoms with Crippen molar-refractivity contribution in [2.75, 3.05) is 0 Å². The Labute approximate surface area is 134 Å². The fraction of sp³-hybridized carbons (Fsp3) is 0.0556. The van der Waals surface area contributed by atoms with Gasteiger partial charge in [0.05, 0.1) is 16.8 Å². The largest absolute Gasteiger partial charge is 0.248 e. The molecule has 122 valence electrons. The first-order valence-electron chi connectivity index (χ1n) is 6.95. The topological polar surface area (TPSA) is 12.9 Å². The van der Waals surface area contributed by atoms with Gasteiger partial charge in [-0.2, -0.15) is 0 Å². The van der Waals surface area contributed by atoms with Crippen molar-refractivity contribution >= 4 is 23.1 Å². The Morgan fingerprint density at radius 3 is 2.04 bits per heavy atom. The van der Waals surface area contributed by atoms with Gasteiger partial charge in [0.15, 0.2) is 23.3 Å². The lowest BCUT2D eigenvalue weighted by Crippen LogP contribution is -2.03. The summed E-state index contributed by atoms with van der Waals surface area (Å²) in [5.41, 5.74) is 1.03. The highest BCUT2D eigenvalue weighted by molar-refractivity contribution is 5.81. The average Bonchev–Trinajstić information content (AvgIpc) is 2.58. The van der Waals surface area contributed by atoms with E-state index in [1.54, 1.807) is 18.2 Å². The summed E-state index contributed by atoms with van der Waals surface area (Å²) in [6.45, 7) is 1.93. The first kappa shape index (κ1) is 16.1. The highest BCUT2D eigenvalue weighted by atomic mass is 19.2. The molecule has 3 rings (SSSR count). The Hall–Kier alpha value is -2.76. The van der Waals surface area contributed by atoms with Crippen molar-refractivity contribution in [1.29, 1.82) is 0 Å². The van der Waals surface area contributed by atoms with E-state index < -0.39 is 34.6 Å². The smallest absolute Gasteiger partial charge is 0.200 e. The van der Waals surface area contributed by atoms with E-state index in [0.717, 1.165) is 17.0 Å². The molecule has 0 aliphatic rings. The van der Waals surface area contributed by atoms with Crippen molar-refractivity contribution in [1.82, 2.24) is 4.98 Å². The van der Waals surface area contributed by atoms with Gasteiger partial charge in [-0.3, -0.25) is 0 Å². The molecule has 0 saturated heterocycles. The maximum Gasteiger partial charge on any atom is 0.200 e. The van der Waals surface area contributed by atoms with Crippen LogP contribution in [0, 0.1) is 36.0 Å². The second-order valence-corrected chi connectivity index (χ2v) is 5.25. The molecular formula is C18H10F5N. The number of rotatable bonds is 2. The number of aryl methyl sites for hydroxylation is 1. The van der Waals surface area contributed by atoms with E-state index in [1.165, 1.54) is 6.08 Å². The summed E-state index contributed by atoms with van der Waals surface area (Å²) < 4.78 is 66.6. The molecule has 1 heterocycles. The van der Waals surface area contributed by atoms with Crippen LogP contribution in [0.4, 0.5) is 22.0 Å². The SMILES string of the molecule is Cc1ccc2nc(/C=C/c3c(F)c(F)c(F)c(F)c3F)ccc2c1. The van der Waals surface area contributed by atoms with E-state index in [9.17, 15) is 22.0 Å². The van der Waals surface area contributed by atoms with Crippen LogP contribution in [0.25, 0.3) is 23.1 Å². The molecule has 2 aromatic carbocycles. The summed E-state index contributed by atoms with van der Waals surface area (Å²) >= 11 is 0. The van der Waals surface area contributed by atoms with Crippen LogP contribution in [0.1, 0.15) is 16.8 Å². The van der Waals surface area contributed by atoms with E-state index in [2.05, 4.69) is 4.98 Å². The van der Waals surface area contributed by atoms with Gasteiger partial charge < -0.3 is 0 Å². The van der Waals surface area contributed by atoms with Gasteiger partial charge in [0, 0.05) is 5.39 Å². The summed E-state index contributed by atoms with van der Waals surface area (Å²) in [6, 6.07) is 8.89. The Bertz CT molecular complexity index is 950. The van der Waals surface area contributed by atoms with Gasteiger partial charge in [0.25, 0.3) is 0 Å². The van der Waals surface area contributed by atoms with Crippen LogP contribution in [-0.4, -0.2) is 4.98 Å². The van der Waals surface area contributed by atoms with Gasteiger partial charge in [0.1, 0.15) is 0 Å². The molecule has 0 atom stereocenters. The van der Waals surface area contributed by atoms with Crippen LogP contribution in [0.3, 0.4) is 0 Å². The number of fused-ring (bicyclic) bond motifs is 1. The maximum atomic E-state index is 13.6. The minimum absolute atomic E-state index is 0.329. The maximum absolute atomic E-state index is 13.6. The predicted octanol–water partition coefficient (Wildman–Crippen LogP) is 5.41. The number of halogens is 5. The lowest BCUT2D eigenvalue weighted by atomic mass is 10.1. The number of aromatic nitrogens is 1. The first-order chi connectivity index (χ1) is 11.4. The molecule has 0 aliphatic heterocycles. The highest BCUT2D eigenvalue weighted by Crippen LogP contribution is 2.25. The van der Waals surface area contributed by atoms with Gasteiger partial charge in [0.2, 0.25) is 5.82 Å². The minimum Gasteiger partial charge on any atom is -0.248 e. The predicted molar refractivity (Wildman–Crippen MR) is 81.6 cm³/mol. The zero-order valence-corrected chi connectivity index (χ0v) is 12.4. The molecule has 24 heavy (non-hydrogen) atoms. The second kappa shape index (κ2) is 6.03. The van der Waals surface area contributed by atoms with Gasteiger partial charge in [-0.25, -0.2) is 26.9 Å². The van der Waals surface area contributed by atoms with Crippen LogP contribution in [0.5, 0.6) is 0 Å². The van der Waals surface area contributed by atoms with Crippen LogP contribution in [-0.2, 0) is 0 Å². The first-order valence-corrected chi connectivity index (χ1v) is 6.95. The number of pyridine rings is 1. The molecule has 3 aromatic rings. The number of hydrogen-bond acceptors (Lipinski definition) is 1. The van der Waals surface area contributed by atoms with E-state index in [0.29, 0.717) is 11.2 Å². The molecule has 0 aliphatic carbocycles. The second-order valence-electron chi connectivity index (χ2n) is 5.25. The molecular weight excluding hydrogens is 325 g/mol. The number of hydrogen-bond donors (Lipinski definition) is 0. The highest BCUT2D eigenvalue weighted by Gasteiger charge is 2.24. The van der Waals surface area contributed by atoms with Crippen LogP contribution < -0.4 is 0 Å². The van der Waals surface area contributed by atoms with Gasteiger partial charge in [-0.1, -0.05) is 17.7 Å². The van der Waals surface area contributed by atoms with Crippen LogP contribution >= 0.6 is 0 Å². The molecule has 0 N–H and O–H groups in total. The van der Waals surface area contributed by atoms with Crippen molar-refractivity contribution in [3.8, 4) is 0 Å². The van der Waals surface area contributed by atoms with Crippen LogP contribution in [0.15, 0.2) is 30.3 Å². The summed E-state index contributed by atoms with van der Waals surface area (Å²) in [6.07, 6.45) is 2.01. The normalized spacial score (nSPS) is 11.6. The van der Waals surface area contributed by atoms with Gasteiger partial charge in [-0.05, 0) is 37.3 Å². The molecule has 0 spiro atoms. The van der Waals surface area contributed by atoms with Crippen molar-refractivity contribution in [2.24, 2.45) is 0 Å². The quantitative estimate of drug-likeness (QED) is 0.347. The minimum atomic E-state index is -2.18. The zero-order chi connectivity index (χ0) is 17.4. The molecule has 0 amide bonds. The fourth-order valence-corrected chi connectivity index (χ4v) is 2.29. The molecule has 6 heteroatoms. The van der Waals surface area contributed by atoms with Gasteiger partial charge >= 0.3 is 0 Å². The Morgan fingerprint density at radius 2 is 1.38 bits per heavy atom. The Kier molecular flexibility index (Phi) is 4.05. The summed E-state index contributed by atoms with van der Waals surface area (Å²) in [7, 11) is 0. The van der Waals surface area contributed by atoms with E-state index in [4.69, 9.17) is 0 Å². The standard InChI is InChI=1S/C18H10F5N/c1-9-2-7-13-10(8-9)3-4-11(24-13)5-6-12-14(19)16(21)18(23)17(22)15(12)20/h2-8H,1H3/b6-5+. The third kappa shape index (κ3) is 2.75. The molecule has 0 radical (unpaired) electrons. The molecule has 1 aromatic heterocycles. The summed E-state index contributed by atoms with van der Waals surface area (Å²) in [4.78, 5) is 4.26. The van der Waals surface area contributed by atoms with E-state index in [1.807, 2.05) is 19.1 Å². The summed E-state index contributed by atoms with van der Waals surface area (Å²) in [5, 5.41) is 0.878. The van der Waals surface area contributed by atoms with E-state index >= 15 is 0 Å². The summed E-state index contributed by atoms with van der Waals surface area (Å²) in [5.74, 6) is -9.88. The molecule has 1 nitrogen and oxygen atoms in total. The molecule has 0 unspecified atom stereocenters. The number of benzene rings is 2. The molecule has 0 fully saturated rings. The van der Waals surface area contributed by atoms with Gasteiger partial charge in [-0.15, -0.1) is 0 Å². The third-order valence-electron chi connectivity index (χ3n) is 3.53. The van der Waals surface area contributed by atoms with E-state index in [-0.39, 0.29) is 0 Å². The Morgan fingerprint density at radius 1 is 0.750 bits per heavy atom. The third-order valence-corrected chi connectivity index (χ3v) is 3.53. The van der Waals surface area contributed by atoms with Crippen molar-refractivity contribution in [2.45, 2.75) is 6.92 Å². The average molecular weight is 335 g/mol. The van der Waals surface area contributed by atoms with Crippen LogP contribution in [0.2, 0.25) is 0 Å². The molecule has 0 bridgehead atoms. The van der Waals surface area contributed by atoms with Crippen molar-refractivity contribution in [3.05, 3.63) is 76.2 Å². The lowest BCUT2D eigenvalue weighted by Gasteiger charge is -2.04. The lowest BCUT2D eigenvalue weighted by molar-refractivity contribution is 0.377.